The van der Waals surface area contributed by atoms with Gasteiger partial charge in [0.15, 0.2) is 0 Å². The number of aryl methyl sites for hydroxylation is 1. The average Bonchev–Trinajstić information content (AvgIpc) is 3.97. The largest absolute Gasteiger partial charge is 0.367 e. The number of benzene rings is 2. The number of unbranched alkanes of at least 4 members (excludes halogenated alkanes) is 1. The van der Waals surface area contributed by atoms with Gasteiger partial charge in [0.1, 0.15) is 18.7 Å². The number of aldehydes is 2. The number of allylic oxidation sites excluding steroid dienone is 5. The number of hydrogen-bond donors (Lipinski definition) is 2. The zero-order valence-electron chi connectivity index (χ0n) is 46.7. The van der Waals surface area contributed by atoms with E-state index in [4.69, 9.17) is 4.99 Å². The van der Waals surface area contributed by atoms with E-state index >= 15 is 0 Å². The normalized spacial score (nSPS) is 17.1. The lowest BCUT2D eigenvalue weighted by Gasteiger charge is -2.30. The Bertz CT molecular complexity index is 1690. The number of amides is 1. The molecular weight excluding hydrogens is 839 g/mol. The number of carbonyl (C=O) groups is 3. The van der Waals surface area contributed by atoms with Crippen LogP contribution >= 0.6 is 0 Å². The predicted octanol–water partition coefficient (Wildman–Crippen LogP) is 15.3. The van der Waals surface area contributed by atoms with Crippen LogP contribution in [0.4, 0.5) is 5.69 Å². The molecule has 1 saturated carbocycles. The van der Waals surface area contributed by atoms with Crippen molar-refractivity contribution in [3.63, 3.8) is 0 Å². The second-order valence-electron chi connectivity index (χ2n) is 18.3. The van der Waals surface area contributed by atoms with Gasteiger partial charge in [-0.15, -0.1) is 0 Å². The van der Waals surface area contributed by atoms with Gasteiger partial charge >= 0.3 is 0 Å². The second kappa shape index (κ2) is 41.7. The van der Waals surface area contributed by atoms with Crippen molar-refractivity contribution in [1.29, 1.82) is 0 Å². The van der Waals surface area contributed by atoms with Crippen molar-refractivity contribution < 1.29 is 14.4 Å². The number of hydrogen-bond acceptors (Lipinski definition) is 7. The number of likely N-dealkylation sites (N-methyl/N-ethyl adjacent to an activating group) is 1. The van der Waals surface area contributed by atoms with Gasteiger partial charge in [0.25, 0.3) is 0 Å². The molecule has 2 aliphatic heterocycles. The first kappa shape index (κ1) is 65.8. The fourth-order valence-electron chi connectivity index (χ4n) is 7.85. The van der Waals surface area contributed by atoms with Crippen LogP contribution in [0.15, 0.2) is 83.7 Å². The van der Waals surface area contributed by atoms with Crippen molar-refractivity contribution >= 4 is 29.9 Å². The lowest BCUT2D eigenvalue weighted by molar-refractivity contribution is -0.128. The smallest absolute Gasteiger partial charge is 0.219 e. The van der Waals surface area contributed by atoms with Crippen molar-refractivity contribution in [3.05, 3.63) is 89.8 Å². The molecule has 68 heavy (non-hydrogen) atoms. The van der Waals surface area contributed by atoms with Crippen LogP contribution in [0, 0.1) is 17.8 Å². The molecule has 1 saturated heterocycles. The summed E-state index contributed by atoms with van der Waals surface area (Å²) in [6.45, 7) is 31.7. The molecule has 4 atom stereocenters. The van der Waals surface area contributed by atoms with Crippen molar-refractivity contribution in [2.75, 3.05) is 20.6 Å². The third kappa shape index (κ3) is 26.5. The van der Waals surface area contributed by atoms with Gasteiger partial charge in [0.05, 0.1) is 17.8 Å². The number of aliphatic imine (C=N–C) groups is 1. The van der Waals surface area contributed by atoms with Gasteiger partial charge in [-0.3, -0.25) is 9.79 Å². The minimum Gasteiger partial charge on any atom is -0.367 e. The Hall–Kier alpha value is -4.30. The number of nitrogens with zero attached hydrogens (tertiary/aromatic N) is 3. The number of rotatable bonds is 17. The van der Waals surface area contributed by atoms with Crippen LogP contribution in [0.25, 0.3) is 11.1 Å². The first-order chi connectivity index (χ1) is 32.7. The molecular formula is C60H103N5O3. The second-order valence-corrected chi connectivity index (χ2v) is 18.3. The topological polar surface area (TPSA) is 94.1 Å². The quantitative estimate of drug-likeness (QED) is 0.0932. The number of likely N-dealkylation sites (tertiary alicyclic amines) is 1. The maximum atomic E-state index is 12.1. The molecule has 8 heteroatoms. The Morgan fingerprint density at radius 1 is 0.824 bits per heavy atom. The molecule has 2 N–H and O–H groups in total. The van der Waals surface area contributed by atoms with E-state index in [1.165, 1.54) is 72.9 Å². The third-order valence-corrected chi connectivity index (χ3v) is 12.1. The first-order valence-corrected chi connectivity index (χ1v) is 26.7. The van der Waals surface area contributed by atoms with E-state index in [9.17, 15) is 14.4 Å². The van der Waals surface area contributed by atoms with Crippen LogP contribution in [0.2, 0.25) is 0 Å². The van der Waals surface area contributed by atoms with Gasteiger partial charge in [0, 0.05) is 50.5 Å². The third-order valence-electron chi connectivity index (χ3n) is 12.1. The van der Waals surface area contributed by atoms with Crippen LogP contribution in [0.5, 0.6) is 0 Å². The van der Waals surface area contributed by atoms with E-state index in [-0.39, 0.29) is 18.0 Å². The van der Waals surface area contributed by atoms with Gasteiger partial charge in [-0.2, -0.15) is 0 Å². The predicted molar refractivity (Wildman–Crippen MR) is 299 cm³/mol. The molecule has 2 fully saturated rings. The van der Waals surface area contributed by atoms with Crippen LogP contribution < -0.4 is 10.6 Å². The van der Waals surface area contributed by atoms with Crippen molar-refractivity contribution in [3.8, 4) is 11.1 Å². The van der Waals surface area contributed by atoms with E-state index in [1.807, 2.05) is 84.6 Å². The van der Waals surface area contributed by atoms with E-state index in [0.29, 0.717) is 23.9 Å². The molecule has 0 bridgehead atoms. The summed E-state index contributed by atoms with van der Waals surface area (Å²) in [6.07, 6.45) is 29.0. The summed E-state index contributed by atoms with van der Waals surface area (Å²) < 4.78 is 0. The minimum atomic E-state index is 0.0231. The average molecular weight is 943 g/mol. The summed E-state index contributed by atoms with van der Waals surface area (Å²) in [4.78, 5) is 41.4. The highest BCUT2D eigenvalue weighted by Gasteiger charge is 2.29. The summed E-state index contributed by atoms with van der Waals surface area (Å²) in [5.74, 6) is 1.68. The number of nitrogens with one attached hydrogen (secondary N) is 2. The lowest BCUT2D eigenvalue weighted by Crippen LogP contribution is -2.41. The molecule has 8 nitrogen and oxygen atoms in total. The molecule has 2 aromatic rings. The van der Waals surface area contributed by atoms with Crippen LogP contribution in [0.3, 0.4) is 0 Å². The zero-order valence-corrected chi connectivity index (χ0v) is 46.7. The van der Waals surface area contributed by atoms with Gasteiger partial charge in [-0.1, -0.05) is 155 Å². The Labute approximate surface area is 419 Å². The molecule has 0 aromatic heterocycles. The fraction of sp³-hybridized carbons (Fsp3) is 0.633. The highest BCUT2D eigenvalue weighted by molar-refractivity contribution is 5.93. The highest BCUT2D eigenvalue weighted by atomic mass is 16.2. The lowest BCUT2D eigenvalue weighted by atomic mass is 9.87. The standard InChI is InChI=1S/C36H52N4O.C6H13NO.C5H8O.2C4H8.C3H8.C2H6/c1-7-10-14-30(12-8-2)36-38-33(25-39(36)6)23-28-16-18-29(19-17-28)31-20-21-34(32(24-31)13-9-3)37-26(4)35-15-11-22-40(35)27(5)41;1-5(2)6(4-8)7-3;6-4-5-2-1-3-5;2*1-3-4-2;1-3-2;1-2/h16-21,24-25,30,35-36,38H,7-15,22-23H2,1-6H3;4-7H,1-3H3;4-5H,1-3H2;2*3-4H,1-2H3;3H2,1-2H3;1-2H3/b;;;2*4-3-;;. The Kier molecular flexibility index (Phi) is 40.3. The van der Waals surface area contributed by atoms with Crippen molar-refractivity contribution in [1.82, 2.24) is 20.4 Å². The van der Waals surface area contributed by atoms with Gasteiger partial charge < -0.3 is 30.0 Å². The van der Waals surface area contributed by atoms with Gasteiger partial charge in [-0.05, 0) is 133 Å². The molecule has 4 unspecified atom stereocenters. The summed E-state index contributed by atoms with van der Waals surface area (Å²) in [6, 6.07) is 15.9. The Balaban J connectivity index is 0. The molecule has 3 aliphatic rings. The van der Waals surface area contributed by atoms with Crippen LogP contribution in [0.1, 0.15) is 192 Å². The van der Waals surface area contributed by atoms with E-state index in [2.05, 4.69) is 113 Å². The molecule has 2 aromatic carbocycles. The highest BCUT2D eigenvalue weighted by Crippen LogP contribution is 2.31. The van der Waals surface area contributed by atoms with Crippen molar-refractivity contribution in [2.24, 2.45) is 22.7 Å². The van der Waals surface area contributed by atoms with Crippen LogP contribution in [-0.2, 0) is 27.2 Å². The van der Waals surface area contributed by atoms with Crippen molar-refractivity contribution in [2.45, 2.75) is 212 Å². The number of carbonyl (C=O) groups excluding carboxylic acids is 3. The molecule has 1 aliphatic carbocycles. The summed E-state index contributed by atoms with van der Waals surface area (Å²) in [5.41, 5.74) is 8.48. The monoisotopic (exact) mass is 942 g/mol. The van der Waals surface area contributed by atoms with E-state index in [0.717, 1.165) is 75.5 Å². The Morgan fingerprint density at radius 3 is 1.82 bits per heavy atom. The maximum Gasteiger partial charge on any atom is 0.219 e. The molecule has 0 radical (unpaired) electrons. The summed E-state index contributed by atoms with van der Waals surface area (Å²) in [7, 11) is 4.01. The molecule has 5 rings (SSSR count). The fourth-order valence-corrected chi connectivity index (χ4v) is 7.85. The molecule has 1 amide bonds. The van der Waals surface area contributed by atoms with Crippen LogP contribution in [-0.4, -0.2) is 72.9 Å². The maximum absolute atomic E-state index is 12.1. The first-order valence-electron chi connectivity index (χ1n) is 26.7. The molecule has 386 valence electrons. The van der Waals surface area contributed by atoms with Gasteiger partial charge in [0.2, 0.25) is 5.91 Å². The summed E-state index contributed by atoms with van der Waals surface area (Å²) >= 11 is 0. The SMILES string of the molecule is C/C=C\C.C/C=C\C.CC.CCC.CCCCC(CCC)C1NC(Cc2ccc(-c3ccc(N=C(C)C4CCCN4C(C)=O)c(CCC)c3)cc2)=CN1C.CNC(C=O)C(C)C.O=CC1CCC1. The summed E-state index contributed by atoms with van der Waals surface area (Å²) in [5, 5.41) is 6.74. The molecule has 2 heterocycles. The minimum absolute atomic E-state index is 0.0231. The molecule has 0 spiro atoms. The van der Waals surface area contributed by atoms with E-state index in [1.54, 1.807) is 14.0 Å². The Morgan fingerprint density at radius 2 is 1.41 bits per heavy atom. The zero-order chi connectivity index (χ0) is 51.9. The van der Waals surface area contributed by atoms with Gasteiger partial charge in [-0.25, -0.2) is 0 Å². The van der Waals surface area contributed by atoms with E-state index < -0.39 is 0 Å².